The summed E-state index contributed by atoms with van der Waals surface area (Å²) in [6.07, 6.45) is 4.31. The van der Waals surface area contributed by atoms with Gasteiger partial charge in [0.25, 0.3) is 0 Å². The van der Waals surface area contributed by atoms with Crippen LogP contribution in [0, 0.1) is 5.41 Å². The third-order valence-electron chi connectivity index (χ3n) is 4.46. The maximum atomic E-state index is 7.49. The van der Waals surface area contributed by atoms with Crippen molar-refractivity contribution < 1.29 is 0 Å². The zero-order chi connectivity index (χ0) is 17.9. The third kappa shape index (κ3) is 3.14. The summed E-state index contributed by atoms with van der Waals surface area (Å²) in [5.74, 6) is 1.51. The molecule has 1 aliphatic heterocycles. The number of rotatable bonds is 4. The summed E-state index contributed by atoms with van der Waals surface area (Å²) in [6, 6.07) is 13.5. The molecule has 2 aromatic carbocycles. The van der Waals surface area contributed by atoms with Crippen LogP contribution in [0.2, 0.25) is 0 Å². The average molecular weight is 344 g/mol. The van der Waals surface area contributed by atoms with Crippen LogP contribution in [0.1, 0.15) is 17.8 Å². The quantitative estimate of drug-likeness (QED) is 0.430. The van der Waals surface area contributed by atoms with E-state index in [2.05, 4.69) is 16.7 Å². The Hall–Kier alpha value is -3.25. The highest BCUT2D eigenvalue weighted by Gasteiger charge is 2.13. The number of hydrogen-bond donors (Lipinski definition) is 4. The summed E-state index contributed by atoms with van der Waals surface area (Å²) in [6.45, 7) is 1.78. The van der Waals surface area contributed by atoms with Crippen molar-refractivity contribution in [3.05, 3.63) is 59.9 Å². The fraction of sp³-hybridized carbons (Fsp3) is 0.150. The Balaban J connectivity index is 1.80. The van der Waals surface area contributed by atoms with Gasteiger partial charge in [-0.1, -0.05) is 18.2 Å². The fourth-order valence-corrected chi connectivity index (χ4v) is 3.06. The summed E-state index contributed by atoms with van der Waals surface area (Å²) in [7, 11) is 0. The molecule has 0 radical (unpaired) electrons. The van der Waals surface area contributed by atoms with E-state index in [4.69, 9.17) is 21.1 Å². The molecule has 0 saturated carbocycles. The number of nitrogens with zero attached hydrogens (tertiary/aromatic N) is 2. The molecule has 0 fully saturated rings. The first kappa shape index (κ1) is 16.2. The molecule has 0 aliphatic carbocycles. The van der Waals surface area contributed by atoms with Crippen molar-refractivity contribution in [2.45, 2.75) is 6.42 Å². The molecule has 2 heterocycles. The van der Waals surface area contributed by atoms with Gasteiger partial charge in [0, 0.05) is 35.1 Å². The number of para-hydroxylation sites is 1. The van der Waals surface area contributed by atoms with Crippen molar-refractivity contribution in [2.24, 2.45) is 0 Å². The average Bonchev–Trinajstić information content (AvgIpc) is 2.70. The van der Waals surface area contributed by atoms with Gasteiger partial charge in [-0.2, -0.15) is 0 Å². The first-order chi connectivity index (χ1) is 12.7. The van der Waals surface area contributed by atoms with Gasteiger partial charge in [-0.15, -0.1) is 0 Å². The number of anilines is 3. The number of hydrogen-bond acceptors (Lipinski definition) is 6. The smallest absolute Gasteiger partial charge is 0.157 e. The summed E-state index contributed by atoms with van der Waals surface area (Å²) < 4.78 is 0. The zero-order valence-electron chi connectivity index (χ0n) is 14.3. The largest absolute Gasteiger partial charge is 0.398 e. The highest BCUT2D eigenvalue weighted by Crippen LogP contribution is 2.28. The number of aromatic nitrogens is 2. The topological polar surface area (TPSA) is 99.7 Å². The van der Waals surface area contributed by atoms with Crippen molar-refractivity contribution in [1.82, 2.24) is 15.3 Å². The first-order valence-electron chi connectivity index (χ1n) is 8.58. The van der Waals surface area contributed by atoms with Gasteiger partial charge in [0.1, 0.15) is 5.82 Å². The summed E-state index contributed by atoms with van der Waals surface area (Å²) in [4.78, 5) is 9.54. The Kier molecular flexibility index (Phi) is 4.33. The molecule has 130 valence electrons. The predicted molar refractivity (Wildman–Crippen MR) is 107 cm³/mol. The standard InChI is InChI=1S/C20H20N6/c21-12-14-11-15(5-6-17(14)22)24-20-16-3-1-2-4-18(16)25-19(26-20)13-7-9-23-10-8-13/h1-7,11-12,21,23H,8-10,22H2,(H,24,25,26). The van der Waals surface area contributed by atoms with Crippen LogP contribution in [0.5, 0.6) is 0 Å². The molecule has 0 amide bonds. The molecule has 4 rings (SSSR count). The SMILES string of the molecule is N=Cc1cc(Nc2nc(C3=CCNCC3)nc3ccccc23)ccc1N. The summed E-state index contributed by atoms with van der Waals surface area (Å²) in [5.41, 5.74) is 10.1. The van der Waals surface area contributed by atoms with Crippen LogP contribution in [0.4, 0.5) is 17.2 Å². The molecule has 6 heteroatoms. The fourth-order valence-electron chi connectivity index (χ4n) is 3.06. The van der Waals surface area contributed by atoms with Gasteiger partial charge in [-0.25, -0.2) is 9.97 Å². The van der Waals surface area contributed by atoms with E-state index < -0.39 is 0 Å². The van der Waals surface area contributed by atoms with Crippen LogP contribution in [0.15, 0.2) is 48.5 Å². The van der Waals surface area contributed by atoms with Gasteiger partial charge in [-0.05, 0) is 48.9 Å². The molecule has 6 nitrogen and oxygen atoms in total. The van der Waals surface area contributed by atoms with Crippen LogP contribution in [0.25, 0.3) is 16.5 Å². The van der Waals surface area contributed by atoms with E-state index in [1.54, 1.807) is 6.07 Å². The first-order valence-corrected chi connectivity index (χ1v) is 8.58. The molecular weight excluding hydrogens is 324 g/mol. The van der Waals surface area contributed by atoms with Gasteiger partial charge >= 0.3 is 0 Å². The van der Waals surface area contributed by atoms with Crippen LogP contribution < -0.4 is 16.4 Å². The maximum absolute atomic E-state index is 7.49. The lowest BCUT2D eigenvalue weighted by molar-refractivity contribution is 0.735. The molecule has 0 spiro atoms. The second kappa shape index (κ2) is 6.93. The minimum absolute atomic E-state index is 0.582. The van der Waals surface area contributed by atoms with Crippen LogP contribution in [0.3, 0.4) is 0 Å². The number of fused-ring (bicyclic) bond motifs is 1. The van der Waals surface area contributed by atoms with Gasteiger partial charge in [0.05, 0.1) is 5.52 Å². The van der Waals surface area contributed by atoms with E-state index in [0.717, 1.165) is 53.3 Å². The molecule has 0 bridgehead atoms. The van der Waals surface area contributed by atoms with E-state index in [9.17, 15) is 0 Å². The Morgan fingerprint density at radius 3 is 2.85 bits per heavy atom. The monoisotopic (exact) mass is 344 g/mol. The van der Waals surface area contributed by atoms with Crippen molar-refractivity contribution in [1.29, 1.82) is 5.41 Å². The highest BCUT2D eigenvalue weighted by atomic mass is 15.0. The third-order valence-corrected chi connectivity index (χ3v) is 4.46. The van der Waals surface area contributed by atoms with E-state index in [0.29, 0.717) is 11.3 Å². The van der Waals surface area contributed by atoms with Gasteiger partial charge < -0.3 is 21.8 Å². The molecular formula is C20H20N6. The Bertz CT molecular complexity index is 1010. The van der Waals surface area contributed by atoms with E-state index in [-0.39, 0.29) is 0 Å². The minimum Gasteiger partial charge on any atom is -0.398 e. The summed E-state index contributed by atoms with van der Waals surface area (Å²) in [5, 5.41) is 15.1. The Morgan fingerprint density at radius 2 is 2.04 bits per heavy atom. The lowest BCUT2D eigenvalue weighted by Gasteiger charge is -2.16. The van der Waals surface area contributed by atoms with Crippen molar-refractivity contribution in [2.75, 3.05) is 24.1 Å². The Morgan fingerprint density at radius 1 is 1.15 bits per heavy atom. The molecule has 0 saturated heterocycles. The van der Waals surface area contributed by atoms with E-state index in [1.807, 2.05) is 36.4 Å². The molecule has 1 aliphatic rings. The lowest BCUT2D eigenvalue weighted by atomic mass is 10.1. The number of nitrogens with one attached hydrogen (secondary N) is 3. The van der Waals surface area contributed by atoms with Crippen molar-refractivity contribution in [3.8, 4) is 0 Å². The van der Waals surface area contributed by atoms with Gasteiger partial charge in [-0.3, -0.25) is 0 Å². The number of nitrogen functional groups attached to an aromatic ring is 1. The second-order valence-corrected chi connectivity index (χ2v) is 6.21. The highest BCUT2D eigenvalue weighted by molar-refractivity contribution is 5.93. The van der Waals surface area contributed by atoms with E-state index in [1.165, 1.54) is 6.21 Å². The molecule has 0 unspecified atom stereocenters. The number of nitrogens with two attached hydrogens (primary N) is 1. The van der Waals surface area contributed by atoms with Gasteiger partial charge in [0.15, 0.2) is 5.82 Å². The van der Waals surface area contributed by atoms with Crippen molar-refractivity contribution >= 4 is 39.9 Å². The minimum atomic E-state index is 0.582. The lowest BCUT2D eigenvalue weighted by Crippen LogP contribution is -2.20. The van der Waals surface area contributed by atoms with Crippen LogP contribution in [-0.2, 0) is 0 Å². The molecule has 5 N–H and O–H groups in total. The number of benzene rings is 2. The van der Waals surface area contributed by atoms with Crippen LogP contribution >= 0.6 is 0 Å². The van der Waals surface area contributed by atoms with E-state index >= 15 is 0 Å². The second-order valence-electron chi connectivity index (χ2n) is 6.21. The molecule has 1 aromatic heterocycles. The normalized spacial score (nSPS) is 14.1. The maximum Gasteiger partial charge on any atom is 0.157 e. The van der Waals surface area contributed by atoms with Crippen molar-refractivity contribution in [3.63, 3.8) is 0 Å². The predicted octanol–water partition coefficient (Wildman–Crippen LogP) is 3.33. The zero-order valence-corrected chi connectivity index (χ0v) is 14.3. The Labute approximate surface area is 151 Å². The summed E-state index contributed by atoms with van der Waals surface area (Å²) >= 11 is 0. The molecule has 26 heavy (non-hydrogen) atoms. The van der Waals surface area contributed by atoms with Gasteiger partial charge in [0.2, 0.25) is 0 Å². The van der Waals surface area contributed by atoms with Crippen LogP contribution in [-0.4, -0.2) is 29.3 Å². The molecule has 0 atom stereocenters. The molecule has 3 aromatic rings.